The lowest BCUT2D eigenvalue weighted by atomic mass is 9.92. The van der Waals surface area contributed by atoms with Crippen molar-refractivity contribution in [1.82, 2.24) is 0 Å². The molecule has 0 fully saturated rings. The van der Waals surface area contributed by atoms with Crippen LogP contribution < -0.4 is 0 Å². The van der Waals surface area contributed by atoms with E-state index in [0.29, 0.717) is 0 Å². The van der Waals surface area contributed by atoms with Crippen molar-refractivity contribution in [3.05, 3.63) is 30.3 Å². The van der Waals surface area contributed by atoms with Gasteiger partial charge in [0.1, 0.15) is 0 Å². The third-order valence-electron chi connectivity index (χ3n) is 4.06. The smallest absolute Gasteiger partial charge is 0.0182 e. The molecule has 21 heavy (non-hydrogen) atoms. The monoisotopic (exact) mass is 324 g/mol. The van der Waals surface area contributed by atoms with Crippen molar-refractivity contribution in [1.29, 1.82) is 0 Å². The molecule has 0 saturated carbocycles. The zero-order valence-electron chi connectivity index (χ0n) is 14.0. The fourth-order valence-electron chi connectivity index (χ4n) is 2.60. The molecule has 1 rings (SSSR count). The Hall–Kier alpha value is -0.0800. The Morgan fingerprint density at radius 3 is 2.19 bits per heavy atom. The summed E-state index contributed by atoms with van der Waals surface area (Å²) in [7, 11) is 4.02. The molecule has 0 radical (unpaired) electrons. The molecule has 0 amide bonds. The summed E-state index contributed by atoms with van der Waals surface area (Å²) in [5, 5.41) is 0.753. The molecule has 2 unspecified atom stereocenters. The van der Waals surface area contributed by atoms with Gasteiger partial charge in [0, 0.05) is 10.1 Å². The molecule has 0 N–H and O–H groups in total. The van der Waals surface area contributed by atoms with Crippen molar-refractivity contribution in [3.63, 3.8) is 0 Å². The molecule has 0 bridgehead atoms. The van der Waals surface area contributed by atoms with E-state index in [2.05, 4.69) is 61.9 Å². The van der Waals surface area contributed by atoms with E-state index in [9.17, 15) is 0 Å². The average Bonchev–Trinajstić information content (AvgIpc) is 2.53. The summed E-state index contributed by atoms with van der Waals surface area (Å²) in [4.78, 5) is 1.38. The molecule has 0 heterocycles. The van der Waals surface area contributed by atoms with Crippen molar-refractivity contribution in [2.24, 2.45) is 5.92 Å². The fraction of sp³-hybridized carbons (Fsp3) is 0.684. The molecule has 2 atom stereocenters. The van der Waals surface area contributed by atoms with Crippen LogP contribution in [0.3, 0.4) is 0 Å². The van der Waals surface area contributed by atoms with Gasteiger partial charge >= 0.3 is 0 Å². The third kappa shape index (κ3) is 8.83. The van der Waals surface area contributed by atoms with Gasteiger partial charge in [-0.25, -0.2) is 0 Å². The number of benzene rings is 1. The van der Waals surface area contributed by atoms with Gasteiger partial charge in [0.15, 0.2) is 0 Å². The van der Waals surface area contributed by atoms with E-state index >= 15 is 0 Å². The molecule has 1 aromatic rings. The van der Waals surface area contributed by atoms with Gasteiger partial charge in [-0.1, -0.05) is 99.1 Å². The highest BCUT2D eigenvalue weighted by Crippen LogP contribution is 2.39. The van der Waals surface area contributed by atoms with Crippen LogP contribution in [-0.4, -0.2) is 5.25 Å². The van der Waals surface area contributed by atoms with E-state index in [1.54, 1.807) is 0 Å². The van der Waals surface area contributed by atoms with E-state index in [0.717, 1.165) is 11.2 Å². The minimum atomic E-state index is 0.753. The van der Waals surface area contributed by atoms with Crippen LogP contribution in [0.5, 0.6) is 0 Å². The van der Waals surface area contributed by atoms with Crippen molar-refractivity contribution in [2.45, 2.75) is 82.3 Å². The second-order valence-electron chi connectivity index (χ2n) is 5.95. The highest BCUT2D eigenvalue weighted by Gasteiger charge is 2.17. The summed E-state index contributed by atoms with van der Waals surface area (Å²) in [5.41, 5.74) is 0. The average molecular weight is 325 g/mol. The molecule has 0 aromatic heterocycles. The molecule has 120 valence electrons. The zero-order chi connectivity index (χ0) is 15.3. The molecule has 1 aromatic carbocycles. The lowest BCUT2D eigenvalue weighted by molar-refractivity contribution is 0.411. The predicted molar refractivity (Wildman–Crippen MR) is 101 cm³/mol. The first-order valence-corrected chi connectivity index (χ1v) is 10.9. The summed E-state index contributed by atoms with van der Waals surface area (Å²) in [6.07, 6.45) is 11.1. The summed E-state index contributed by atoms with van der Waals surface area (Å²) < 4.78 is 0. The summed E-state index contributed by atoms with van der Waals surface area (Å²) in [5.74, 6) is 0.892. The number of hydrogen-bond donors (Lipinski definition) is 0. The van der Waals surface area contributed by atoms with Crippen LogP contribution in [-0.2, 0) is 0 Å². The Morgan fingerprint density at radius 1 is 0.857 bits per heavy atom. The van der Waals surface area contributed by atoms with Crippen molar-refractivity contribution >= 4 is 21.6 Å². The van der Waals surface area contributed by atoms with E-state index in [-0.39, 0.29) is 0 Å². The molecule has 2 heteroatoms. The van der Waals surface area contributed by atoms with Gasteiger partial charge in [-0.2, -0.15) is 0 Å². The zero-order valence-corrected chi connectivity index (χ0v) is 15.6. The summed E-state index contributed by atoms with van der Waals surface area (Å²) in [6.45, 7) is 7.04. The Labute approximate surface area is 140 Å². The molecule has 0 saturated heterocycles. The second-order valence-corrected chi connectivity index (χ2v) is 8.60. The molecular weight excluding hydrogens is 292 g/mol. The van der Waals surface area contributed by atoms with Crippen LogP contribution in [0, 0.1) is 5.92 Å². The van der Waals surface area contributed by atoms with E-state index in [4.69, 9.17) is 0 Å². The van der Waals surface area contributed by atoms with Crippen LogP contribution in [0.15, 0.2) is 35.2 Å². The number of hydrogen-bond acceptors (Lipinski definition) is 2. The standard InChI is InChI=1S/C19H32S2/c1-4-6-8-10-14-18(13-7-5-2)17(3)20-21-19-15-11-9-12-16-19/h9,11-12,15-18H,4-8,10,13-14H2,1-3H3. The van der Waals surface area contributed by atoms with Crippen LogP contribution in [0.25, 0.3) is 0 Å². The predicted octanol–water partition coefficient (Wildman–Crippen LogP) is 7.59. The first kappa shape index (κ1) is 19.0. The molecule has 0 nitrogen and oxygen atoms in total. The van der Waals surface area contributed by atoms with E-state index < -0.39 is 0 Å². The highest BCUT2D eigenvalue weighted by molar-refractivity contribution is 8.76. The first-order chi connectivity index (χ1) is 10.3. The fourth-order valence-corrected chi connectivity index (χ4v) is 5.15. The lowest BCUT2D eigenvalue weighted by Crippen LogP contribution is -2.13. The van der Waals surface area contributed by atoms with Gasteiger partial charge in [0.05, 0.1) is 0 Å². The molecule has 0 aliphatic rings. The van der Waals surface area contributed by atoms with Crippen LogP contribution >= 0.6 is 21.6 Å². The van der Waals surface area contributed by atoms with Crippen LogP contribution in [0.1, 0.15) is 72.1 Å². The normalized spacial score (nSPS) is 14.0. The third-order valence-corrected chi connectivity index (χ3v) is 7.09. The second kappa shape index (κ2) is 12.5. The Balaban J connectivity index is 2.36. The van der Waals surface area contributed by atoms with Crippen LogP contribution in [0.2, 0.25) is 0 Å². The Bertz CT molecular complexity index is 337. The highest BCUT2D eigenvalue weighted by atomic mass is 33.1. The minimum Gasteiger partial charge on any atom is -0.0855 e. The topological polar surface area (TPSA) is 0 Å². The van der Waals surface area contributed by atoms with Gasteiger partial charge in [-0.3, -0.25) is 0 Å². The number of rotatable bonds is 12. The maximum atomic E-state index is 2.43. The maximum absolute atomic E-state index is 2.43. The van der Waals surface area contributed by atoms with Gasteiger partial charge in [0.2, 0.25) is 0 Å². The summed E-state index contributed by atoms with van der Waals surface area (Å²) in [6, 6.07) is 10.8. The van der Waals surface area contributed by atoms with E-state index in [1.807, 2.05) is 10.8 Å². The Kier molecular flexibility index (Phi) is 11.3. The van der Waals surface area contributed by atoms with Crippen molar-refractivity contribution < 1.29 is 0 Å². The maximum Gasteiger partial charge on any atom is 0.0182 e. The van der Waals surface area contributed by atoms with Gasteiger partial charge in [-0.05, 0) is 30.9 Å². The Morgan fingerprint density at radius 2 is 1.52 bits per heavy atom. The molecule has 0 aliphatic carbocycles. The number of unbranched alkanes of at least 4 members (excludes halogenated alkanes) is 4. The van der Waals surface area contributed by atoms with Gasteiger partial charge in [0.25, 0.3) is 0 Å². The van der Waals surface area contributed by atoms with E-state index in [1.165, 1.54) is 56.3 Å². The first-order valence-electron chi connectivity index (χ1n) is 8.66. The van der Waals surface area contributed by atoms with Gasteiger partial charge in [-0.15, -0.1) is 0 Å². The van der Waals surface area contributed by atoms with Crippen molar-refractivity contribution in [2.75, 3.05) is 0 Å². The SMILES string of the molecule is CCCCCCC(CCCC)C(C)SSc1ccccc1. The van der Waals surface area contributed by atoms with Crippen molar-refractivity contribution in [3.8, 4) is 0 Å². The van der Waals surface area contributed by atoms with Gasteiger partial charge < -0.3 is 0 Å². The quantitative estimate of drug-likeness (QED) is 0.287. The van der Waals surface area contributed by atoms with Crippen LogP contribution in [0.4, 0.5) is 0 Å². The lowest BCUT2D eigenvalue weighted by Gasteiger charge is -2.23. The molecule has 0 aliphatic heterocycles. The minimum absolute atomic E-state index is 0.753. The molecule has 0 spiro atoms. The summed E-state index contributed by atoms with van der Waals surface area (Å²) >= 11 is 0. The molecular formula is C19H32S2. The largest absolute Gasteiger partial charge is 0.0855 e.